The Kier molecular flexibility index (Phi) is 7.24. The van der Waals surface area contributed by atoms with Crippen molar-refractivity contribution in [2.75, 3.05) is 48.8 Å². The molecule has 0 saturated carbocycles. The molecule has 1 saturated heterocycles. The van der Waals surface area contributed by atoms with E-state index in [2.05, 4.69) is 58.4 Å². The first-order valence-electron chi connectivity index (χ1n) is 11.7. The van der Waals surface area contributed by atoms with Crippen LogP contribution in [0, 0.1) is 11.3 Å². The molecule has 0 radical (unpaired) electrons. The van der Waals surface area contributed by atoms with Crippen LogP contribution in [-0.4, -0.2) is 67.1 Å². The fraction of sp³-hybridized carbons (Fsp3) is 0.250. The van der Waals surface area contributed by atoms with Gasteiger partial charge in [-0.05, 0) is 36.9 Å². The smallest absolute Gasteiger partial charge is 0.232 e. The highest BCUT2D eigenvalue weighted by atomic mass is 32.2. The zero-order chi connectivity index (χ0) is 25.8. The van der Waals surface area contributed by atoms with Crippen LogP contribution < -0.4 is 20.3 Å². The third-order valence-electron chi connectivity index (χ3n) is 6.17. The Hall–Kier alpha value is -4.09. The summed E-state index contributed by atoms with van der Waals surface area (Å²) in [5.41, 5.74) is 3.32. The van der Waals surface area contributed by atoms with Crippen molar-refractivity contribution in [3.05, 3.63) is 59.8 Å². The van der Waals surface area contributed by atoms with Gasteiger partial charge in [0.25, 0.3) is 0 Å². The van der Waals surface area contributed by atoms with E-state index < -0.39 is 11.3 Å². The molecule has 1 atom stereocenters. The molecule has 1 aliphatic heterocycles. The number of nitrogens with one attached hydrogen (secondary N) is 4. The van der Waals surface area contributed by atoms with E-state index in [1.165, 1.54) is 6.20 Å². The van der Waals surface area contributed by atoms with Crippen molar-refractivity contribution in [2.45, 2.75) is 6.54 Å². The molecule has 0 spiro atoms. The fourth-order valence-electron chi connectivity index (χ4n) is 4.15. The minimum atomic E-state index is -2.14. The Morgan fingerprint density at radius 3 is 2.76 bits per heavy atom. The van der Waals surface area contributed by atoms with Crippen molar-refractivity contribution >= 4 is 51.1 Å². The lowest BCUT2D eigenvalue weighted by molar-refractivity contribution is 0.312. The zero-order valence-electron chi connectivity index (χ0n) is 20.1. The number of fused-ring (bicyclic) bond motifs is 1. The number of likely N-dealkylation sites (N-methyl/N-ethyl adjacent to an activating group) is 1. The van der Waals surface area contributed by atoms with Crippen LogP contribution in [0.15, 0.2) is 48.7 Å². The third-order valence-corrected chi connectivity index (χ3v) is 6.56. The normalized spacial score (nSPS) is 14.9. The topological polar surface area (TPSA) is 158 Å². The molecular weight excluding hydrogens is 492 g/mol. The van der Waals surface area contributed by atoms with E-state index in [9.17, 15) is 9.47 Å². The molecule has 1 unspecified atom stereocenters. The number of aromatic nitrogens is 4. The SMILES string of the molecule is CN1CCN(c2n[nH]c3cc(Nc4ncc(C#N)c(Nc5ccccc5CNS(=O)O)n4)ccc23)CC1. The molecule has 3 heterocycles. The third kappa shape index (κ3) is 5.68. The van der Waals surface area contributed by atoms with Crippen LogP contribution in [0.25, 0.3) is 10.9 Å². The Bertz CT molecular complexity index is 1480. The van der Waals surface area contributed by atoms with Gasteiger partial charge in [-0.2, -0.15) is 15.3 Å². The molecule has 2 aromatic carbocycles. The van der Waals surface area contributed by atoms with Crippen LogP contribution in [0.2, 0.25) is 0 Å². The van der Waals surface area contributed by atoms with Gasteiger partial charge < -0.3 is 20.4 Å². The van der Waals surface area contributed by atoms with Crippen molar-refractivity contribution in [1.29, 1.82) is 5.26 Å². The number of nitrogens with zero attached hydrogens (tertiary/aromatic N) is 6. The summed E-state index contributed by atoms with van der Waals surface area (Å²) in [4.78, 5) is 13.4. The van der Waals surface area contributed by atoms with Crippen molar-refractivity contribution in [3.63, 3.8) is 0 Å². The average molecular weight is 519 g/mol. The molecule has 5 rings (SSSR count). The number of H-pyrrole nitrogens is 1. The van der Waals surface area contributed by atoms with Crippen LogP contribution >= 0.6 is 0 Å². The Morgan fingerprint density at radius 2 is 1.97 bits per heavy atom. The number of aromatic amines is 1. The van der Waals surface area contributed by atoms with E-state index in [4.69, 9.17) is 4.55 Å². The molecule has 0 amide bonds. The highest BCUT2D eigenvalue weighted by Gasteiger charge is 2.19. The maximum atomic E-state index is 11.0. The van der Waals surface area contributed by atoms with Gasteiger partial charge >= 0.3 is 0 Å². The van der Waals surface area contributed by atoms with Gasteiger partial charge in [-0.3, -0.25) is 9.65 Å². The molecule has 37 heavy (non-hydrogen) atoms. The number of rotatable bonds is 8. The van der Waals surface area contributed by atoms with E-state index in [0.717, 1.165) is 54.2 Å². The molecule has 13 heteroatoms. The predicted octanol–water partition coefficient (Wildman–Crippen LogP) is 2.69. The molecular formula is C24H26N10O2S. The second kappa shape index (κ2) is 10.9. The van der Waals surface area contributed by atoms with Crippen molar-refractivity contribution < 1.29 is 8.76 Å². The summed E-state index contributed by atoms with van der Waals surface area (Å²) in [6, 6.07) is 15.3. The largest absolute Gasteiger partial charge is 0.352 e. The molecule has 5 N–H and O–H groups in total. The summed E-state index contributed by atoms with van der Waals surface area (Å²) >= 11 is -2.14. The second-order valence-electron chi connectivity index (χ2n) is 8.64. The summed E-state index contributed by atoms with van der Waals surface area (Å²) in [7, 11) is 2.13. The van der Waals surface area contributed by atoms with E-state index >= 15 is 0 Å². The van der Waals surface area contributed by atoms with E-state index in [-0.39, 0.29) is 12.1 Å². The van der Waals surface area contributed by atoms with Gasteiger partial charge in [-0.25, -0.2) is 13.9 Å². The highest BCUT2D eigenvalue weighted by molar-refractivity contribution is 7.77. The van der Waals surface area contributed by atoms with Gasteiger partial charge in [0.1, 0.15) is 11.6 Å². The molecule has 0 aliphatic carbocycles. The number of benzene rings is 2. The van der Waals surface area contributed by atoms with Gasteiger partial charge in [0.2, 0.25) is 17.2 Å². The molecule has 0 bridgehead atoms. The summed E-state index contributed by atoms with van der Waals surface area (Å²) in [6.07, 6.45) is 1.45. The minimum absolute atomic E-state index is 0.157. The predicted molar refractivity (Wildman–Crippen MR) is 143 cm³/mol. The number of para-hydroxylation sites is 1. The number of piperazine rings is 1. The van der Waals surface area contributed by atoms with E-state index in [1.807, 2.05) is 36.4 Å². The van der Waals surface area contributed by atoms with Gasteiger partial charge in [0.05, 0.1) is 11.7 Å². The number of nitriles is 1. The Labute approximate surface area is 216 Å². The summed E-state index contributed by atoms with van der Waals surface area (Å²) in [5.74, 6) is 1.58. The van der Waals surface area contributed by atoms with Crippen LogP contribution in [-0.2, 0) is 17.8 Å². The Morgan fingerprint density at radius 1 is 1.16 bits per heavy atom. The lowest BCUT2D eigenvalue weighted by Gasteiger charge is -2.32. The van der Waals surface area contributed by atoms with E-state index in [0.29, 0.717) is 17.5 Å². The molecule has 12 nitrogen and oxygen atoms in total. The van der Waals surface area contributed by atoms with Crippen LogP contribution in [0.1, 0.15) is 11.1 Å². The number of hydrogen-bond acceptors (Lipinski definition) is 9. The zero-order valence-corrected chi connectivity index (χ0v) is 20.9. The van der Waals surface area contributed by atoms with Gasteiger partial charge in [0.15, 0.2) is 11.6 Å². The lowest BCUT2D eigenvalue weighted by Crippen LogP contribution is -2.44. The quantitative estimate of drug-likeness (QED) is 0.220. The number of hydrogen-bond donors (Lipinski definition) is 5. The Balaban J connectivity index is 1.36. The molecule has 190 valence electrons. The van der Waals surface area contributed by atoms with Gasteiger partial charge in [0, 0.05) is 49.5 Å². The van der Waals surface area contributed by atoms with Crippen molar-refractivity contribution in [3.8, 4) is 6.07 Å². The van der Waals surface area contributed by atoms with Crippen LogP contribution in [0.4, 0.5) is 29.0 Å². The first kappa shape index (κ1) is 24.6. The molecule has 1 fully saturated rings. The van der Waals surface area contributed by atoms with Gasteiger partial charge in [-0.15, -0.1) is 0 Å². The van der Waals surface area contributed by atoms with Crippen molar-refractivity contribution in [1.82, 2.24) is 29.8 Å². The van der Waals surface area contributed by atoms with Crippen LogP contribution in [0.3, 0.4) is 0 Å². The minimum Gasteiger partial charge on any atom is -0.352 e. The summed E-state index contributed by atoms with van der Waals surface area (Å²) in [6.45, 7) is 4.03. The highest BCUT2D eigenvalue weighted by Crippen LogP contribution is 2.29. The number of anilines is 5. The van der Waals surface area contributed by atoms with E-state index in [1.54, 1.807) is 6.07 Å². The summed E-state index contributed by atoms with van der Waals surface area (Å²) < 4.78 is 22.6. The molecule has 2 aromatic heterocycles. The lowest BCUT2D eigenvalue weighted by atomic mass is 10.1. The molecule has 4 aromatic rings. The monoisotopic (exact) mass is 518 g/mol. The standard InChI is InChI=1S/C24H26N10O2S/c1-33-8-10-34(11-9-33)23-19-7-6-18(12-21(19)31-32-23)28-24-26-14-17(13-25)22(30-24)29-20-5-3-2-4-16(20)15-27-37(35)36/h2-7,12,14,27H,8-11,15H2,1H3,(H,31,32)(H,35,36)(H2,26,28,29,30). The average Bonchev–Trinajstić information content (AvgIpc) is 3.32. The molecule has 1 aliphatic rings. The first-order chi connectivity index (χ1) is 18.0. The van der Waals surface area contributed by atoms with Crippen LogP contribution in [0.5, 0.6) is 0 Å². The maximum Gasteiger partial charge on any atom is 0.232 e. The fourth-order valence-corrected chi connectivity index (χ4v) is 4.43. The van der Waals surface area contributed by atoms with Gasteiger partial charge in [-0.1, -0.05) is 18.2 Å². The second-order valence-corrected chi connectivity index (χ2v) is 9.43. The summed E-state index contributed by atoms with van der Waals surface area (Å²) in [5, 5.41) is 24.6. The maximum absolute atomic E-state index is 11.0. The first-order valence-corrected chi connectivity index (χ1v) is 12.8. The van der Waals surface area contributed by atoms with Crippen molar-refractivity contribution in [2.24, 2.45) is 0 Å².